The summed E-state index contributed by atoms with van der Waals surface area (Å²) in [5, 5.41) is 0. The van der Waals surface area contributed by atoms with E-state index in [1.54, 1.807) is 39.0 Å². The molecule has 20 heavy (non-hydrogen) atoms. The first-order valence-corrected chi connectivity index (χ1v) is 7.68. The standard InChI is InChI=1S/C14H17N3O2S/c1-9-5-6-10(2)13(7-9)20(18,19)17-14-15-11(3)8-12(4)16-14/h5-8H,1-4H3,(H,15,16,17). The van der Waals surface area contributed by atoms with Crippen molar-refractivity contribution in [2.24, 2.45) is 0 Å². The third-order valence-corrected chi connectivity index (χ3v) is 4.31. The van der Waals surface area contributed by atoms with Crippen molar-refractivity contribution in [3.8, 4) is 0 Å². The Kier molecular flexibility index (Phi) is 3.76. The maximum atomic E-state index is 12.4. The minimum atomic E-state index is -3.68. The summed E-state index contributed by atoms with van der Waals surface area (Å²) in [7, 11) is -3.68. The van der Waals surface area contributed by atoms with E-state index < -0.39 is 10.0 Å². The Labute approximate surface area is 119 Å². The lowest BCUT2D eigenvalue weighted by Gasteiger charge is -2.10. The van der Waals surface area contributed by atoms with Crippen LogP contribution in [0.3, 0.4) is 0 Å². The highest BCUT2D eigenvalue weighted by molar-refractivity contribution is 7.92. The molecular formula is C14H17N3O2S. The average Bonchev–Trinajstić information content (AvgIpc) is 2.30. The van der Waals surface area contributed by atoms with Gasteiger partial charge < -0.3 is 0 Å². The summed E-state index contributed by atoms with van der Waals surface area (Å²) >= 11 is 0. The molecule has 1 heterocycles. The monoisotopic (exact) mass is 291 g/mol. The number of rotatable bonds is 3. The van der Waals surface area contributed by atoms with Crippen LogP contribution in [-0.2, 0) is 10.0 Å². The summed E-state index contributed by atoms with van der Waals surface area (Å²) < 4.78 is 27.2. The molecule has 0 unspecified atom stereocenters. The average molecular weight is 291 g/mol. The normalized spacial score (nSPS) is 11.4. The van der Waals surface area contributed by atoms with Crippen molar-refractivity contribution in [1.82, 2.24) is 9.97 Å². The van der Waals surface area contributed by atoms with Gasteiger partial charge in [0.2, 0.25) is 5.95 Å². The fraction of sp³-hybridized carbons (Fsp3) is 0.286. The van der Waals surface area contributed by atoms with E-state index in [0.717, 1.165) is 17.0 Å². The van der Waals surface area contributed by atoms with E-state index in [4.69, 9.17) is 0 Å². The van der Waals surface area contributed by atoms with Gasteiger partial charge in [0.25, 0.3) is 10.0 Å². The fourth-order valence-corrected chi connectivity index (χ4v) is 3.22. The molecule has 5 nitrogen and oxygen atoms in total. The van der Waals surface area contributed by atoms with Gasteiger partial charge >= 0.3 is 0 Å². The second-order valence-corrected chi connectivity index (χ2v) is 6.50. The number of aromatic nitrogens is 2. The van der Waals surface area contributed by atoms with Crippen LogP contribution < -0.4 is 4.72 Å². The van der Waals surface area contributed by atoms with Gasteiger partial charge in [0.15, 0.2) is 0 Å². The number of sulfonamides is 1. The van der Waals surface area contributed by atoms with Crippen LogP contribution in [0.5, 0.6) is 0 Å². The van der Waals surface area contributed by atoms with Gasteiger partial charge in [-0.25, -0.2) is 23.1 Å². The molecule has 0 aliphatic rings. The first kappa shape index (κ1) is 14.5. The van der Waals surface area contributed by atoms with Crippen LogP contribution in [0, 0.1) is 27.7 Å². The van der Waals surface area contributed by atoms with Gasteiger partial charge in [0.1, 0.15) is 0 Å². The zero-order chi connectivity index (χ0) is 14.9. The van der Waals surface area contributed by atoms with Gasteiger partial charge in [-0.05, 0) is 51.0 Å². The minimum absolute atomic E-state index is 0.100. The molecule has 0 saturated heterocycles. The number of hydrogen-bond donors (Lipinski definition) is 1. The Morgan fingerprint density at radius 3 is 2.15 bits per heavy atom. The van der Waals surface area contributed by atoms with Crippen molar-refractivity contribution >= 4 is 16.0 Å². The predicted molar refractivity (Wildman–Crippen MR) is 78.2 cm³/mol. The molecule has 1 aromatic heterocycles. The van der Waals surface area contributed by atoms with Crippen molar-refractivity contribution < 1.29 is 8.42 Å². The van der Waals surface area contributed by atoms with Gasteiger partial charge in [-0.3, -0.25) is 0 Å². The lowest BCUT2D eigenvalue weighted by molar-refractivity contribution is 0.600. The molecule has 1 N–H and O–H groups in total. The molecule has 0 radical (unpaired) electrons. The Morgan fingerprint density at radius 1 is 0.950 bits per heavy atom. The second kappa shape index (κ2) is 5.20. The minimum Gasteiger partial charge on any atom is -0.247 e. The molecule has 2 aromatic rings. The third-order valence-electron chi connectivity index (χ3n) is 2.84. The van der Waals surface area contributed by atoms with Gasteiger partial charge in [-0.1, -0.05) is 12.1 Å². The summed E-state index contributed by atoms with van der Waals surface area (Å²) in [5.41, 5.74) is 3.01. The van der Waals surface area contributed by atoms with Gasteiger partial charge in [-0.2, -0.15) is 0 Å². The van der Waals surface area contributed by atoms with E-state index in [9.17, 15) is 8.42 Å². The number of nitrogens with one attached hydrogen (secondary N) is 1. The molecule has 0 aliphatic carbocycles. The summed E-state index contributed by atoms with van der Waals surface area (Å²) in [6.07, 6.45) is 0. The number of anilines is 1. The molecule has 0 atom stereocenters. The van der Waals surface area contributed by atoms with Crippen molar-refractivity contribution in [2.75, 3.05) is 4.72 Å². The summed E-state index contributed by atoms with van der Waals surface area (Å²) in [6.45, 7) is 7.21. The molecule has 0 aliphatic heterocycles. The van der Waals surface area contributed by atoms with Crippen LogP contribution in [-0.4, -0.2) is 18.4 Å². The zero-order valence-electron chi connectivity index (χ0n) is 11.9. The van der Waals surface area contributed by atoms with Crippen molar-refractivity contribution in [2.45, 2.75) is 32.6 Å². The Bertz CT molecular complexity index is 735. The van der Waals surface area contributed by atoms with Crippen LogP contribution in [0.4, 0.5) is 5.95 Å². The maximum absolute atomic E-state index is 12.4. The molecule has 1 aromatic carbocycles. The van der Waals surface area contributed by atoms with Crippen molar-refractivity contribution in [1.29, 1.82) is 0 Å². The molecule has 0 fully saturated rings. The molecular weight excluding hydrogens is 274 g/mol. The molecule has 0 saturated carbocycles. The predicted octanol–water partition coefficient (Wildman–Crippen LogP) is 2.51. The molecule has 0 spiro atoms. The lowest BCUT2D eigenvalue weighted by atomic mass is 10.2. The number of benzene rings is 1. The highest BCUT2D eigenvalue weighted by Crippen LogP contribution is 2.19. The fourth-order valence-electron chi connectivity index (χ4n) is 1.94. The molecule has 6 heteroatoms. The topological polar surface area (TPSA) is 72.0 Å². The Hall–Kier alpha value is -1.95. The Morgan fingerprint density at radius 2 is 1.55 bits per heavy atom. The number of nitrogens with zero attached hydrogens (tertiary/aromatic N) is 2. The lowest BCUT2D eigenvalue weighted by Crippen LogP contribution is -2.17. The van der Waals surface area contributed by atoms with Crippen LogP contribution in [0.25, 0.3) is 0 Å². The number of hydrogen-bond acceptors (Lipinski definition) is 4. The van der Waals surface area contributed by atoms with Gasteiger partial charge in [-0.15, -0.1) is 0 Å². The zero-order valence-corrected chi connectivity index (χ0v) is 12.7. The summed E-state index contributed by atoms with van der Waals surface area (Å²) in [4.78, 5) is 8.44. The van der Waals surface area contributed by atoms with E-state index in [2.05, 4.69) is 14.7 Å². The Balaban J connectivity index is 2.43. The summed E-state index contributed by atoms with van der Waals surface area (Å²) in [5.74, 6) is 0.100. The van der Waals surface area contributed by atoms with Crippen LogP contribution in [0.1, 0.15) is 22.5 Å². The smallest absolute Gasteiger partial charge is 0.247 e. The molecule has 0 bridgehead atoms. The largest absolute Gasteiger partial charge is 0.264 e. The van der Waals surface area contributed by atoms with E-state index in [0.29, 0.717) is 5.56 Å². The maximum Gasteiger partial charge on any atom is 0.264 e. The summed E-state index contributed by atoms with van der Waals surface area (Å²) in [6, 6.07) is 7.09. The van der Waals surface area contributed by atoms with Crippen molar-refractivity contribution in [3.63, 3.8) is 0 Å². The molecule has 0 amide bonds. The highest BCUT2D eigenvalue weighted by atomic mass is 32.2. The van der Waals surface area contributed by atoms with Crippen LogP contribution >= 0.6 is 0 Å². The SMILES string of the molecule is Cc1ccc(C)c(S(=O)(=O)Nc2nc(C)cc(C)n2)c1. The van der Waals surface area contributed by atoms with Gasteiger partial charge in [0.05, 0.1) is 4.90 Å². The molecule has 2 rings (SSSR count). The van der Waals surface area contributed by atoms with E-state index >= 15 is 0 Å². The molecule has 106 valence electrons. The second-order valence-electron chi connectivity index (χ2n) is 4.85. The van der Waals surface area contributed by atoms with Gasteiger partial charge in [0, 0.05) is 11.4 Å². The first-order valence-electron chi connectivity index (χ1n) is 6.20. The number of aryl methyl sites for hydroxylation is 4. The van der Waals surface area contributed by atoms with E-state index in [1.807, 2.05) is 13.0 Å². The highest BCUT2D eigenvalue weighted by Gasteiger charge is 2.18. The van der Waals surface area contributed by atoms with Crippen LogP contribution in [0.2, 0.25) is 0 Å². The first-order chi connectivity index (χ1) is 9.28. The quantitative estimate of drug-likeness (QED) is 0.943. The van der Waals surface area contributed by atoms with E-state index in [-0.39, 0.29) is 10.8 Å². The van der Waals surface area contributed by atoms with Crippen LogP contribution in [0.15, 0.2) is 29.2 Å². The third kappa shape index (κ3) is 3.14. The van der Waals surface area contributed by atoms with E-state index in [1.165, 1.54) is 0 Å². The van der Waals surface area contributed by atoms with Crippen molar-refractivity contribution in [3.05, 3.63) is 46.8 Å².